The number of hydrogen-bond donors (Lipinski definition) is 0. The summed E-state index contributed by atoms with van der Waals surface area (Å²) in [5.74, 6) is 3.33. The predicted octanol–water partition coefficient (Wildman–Crippen LogP) is 15.1. The number of amides is 4. The quantitative estimate of drug-likeness (QED) is 0.0455. The molecule has 1 aliphatic carbocycles. The minimum absolute atomic E-state index is 0.0903. The standard InChI is InChI=1S/C56H99N3O4/c1-6-9-12-15-19-26-33-44-58(48(5)60)53-46-55(62)59(56(53)63)45-34-27-21-18-24-31-38-52-50(36-29-22-17-20-25-32-43-57-47(4)39-42-54(57)61)41-40-49(35-28-14-11-8-3)51(52)37-30-23-16-13-10-7-2/h39,42,49-53H,4,6-38,40-41,43-46H2,1-3,5H3. The van der Waals surface area contributed by atoms with Crippen molar-refractivity contribution in [3.8, 4) is 0 Å². The lowest BCUT2D eigenvalue weighted by Gasteiger charge is -2.44. The van der Waals surface area contributed by atoms with Crippen molar-refractivity contribution >= 4 is 23.6 Å². The number of carbonyl (C=O) groups excluding carboxylic acids is 4. The minimum atomic E-state index is -0.609. The number of carbonyl (C=O) groups is 4. The van der Waals surface area contributed by atoms with Gasteiger partial charge in [-0.3, -0.25) is 24.1 Å². The molecule has 7 nitrogen and oxygen atoms in total. The number of rotatable bonds is 39. The van der Waals surface area contributed by atoms with Crippen LogP contribution in [-0.4, -0.2) is 64.0 Å². The van der Waals surface area contributed by atoms with E-state index in [2.05, 4.69) is 27.4 Å². The molecule has 0 aromatic rings. The SMILES string of the molecule is C=C1C=CC(=O)N1CCCCCCCCC1CCC(CCCCCC)C(CCCCCCCC)C1CCCCCCCCN1C(=O)CC(N(CCCCCCCCC)C(C)=O)C1=O. The zero-order chi connectivity index (χ0) is 45.5. The van der Waals surface area contributed by atoms with E-state index in [1.807, 2.05) is 11.0 Å². The van der Waals surface area contributed by atoms with Gasteiger partial charge in [0.2, 0.25) is 11.8 Å². The summed E-state index contributed by atoms with van der Waals surface area (Å²) in [6.45, 7) is 14.3. The van der Waals surface area contributed by atoms with Crippen molar-refractivity contribution in [1.29, 1.82) is 0 Å². The Bertz CT molecular complexity index is 1290. The highest BCUT2D eigenvalue weighted by atomic mass is 16.2. The van der Waals surface area contributed by atoms with E-state index in [9.17, 15) is 19.2 Å². The molecule has 3 rings (SSSR count). The van der Waals surface area contributed by atoms with Gasteiger partial charge in [0.25, 0.3) is 11.8 Å². The molecule has 5 atom stereocenters. The van der Waals surface area contributed by atoms with Crippen LogP contribution in [0, 0.1) is 23.7 Å². The van der Waals surface area contributed by atoms with Crippen LogP contribution < -0.4 is 0 Å². The van der Waals surface area contributed by atoms with E-state index >= 15 is 0 Å². The maximum atomic E-state index is 13.4. The Labute approximate surface area is 388 Å². The molecule has 4 amide bonds. The number of imide groups is 1. The van der Waals surface area contributed by atoms with Gasteiger partial charge in [0.05, 0.1) is 6.42 Å². The Balaban J connectivity index is 1.45. The first-order valence-corrected chi connectivity index (χ1v) is 27.5. The molecule has 2 heterocycles. The molecule has 1 saturated carbocycles. The largest absolute Gasteiger partial charge is 0.330 e. The van der Waals surface area contributed by atoms with Crippen LogP contribution in [0.25, 0.3) is 0 Å². The Morgan fingerprint density at radius 2 is 0.937 bits per heavy atom. The van der Waals surface area contributed by atoms with E-state index in [4.69, 9.17) is 0 Å². The third kappa shape index (κ3) is 21.2. The van der Waals surface area contributed by atoms with Gasteiger partial charge in [-0.25, -0.2) is 0 Å². The first kappa shape index (κ1) is 54.9. The van der Waals surface area contributed by atoms with Crippen LogP contribution in [0.3, 0.4) is 0 Å². The smallest absolute Gasteiger partial charge is 0.252 e. The average molecular weight is 878 g/mol. The average Bonchev–Trinajstić information content (AvgIpc) is 3.74. The zero-order valence-electron chi connectivity index (χ0n) is 41.8. The molecule has 0 radical (unpaired) electrons. The predicted molar refractivity (Wildman–Crippen MR) is 265 cm³/mol. The van der Waals surface area contributed by atoms with Crippen LogP contribution in [0.2, 0.25) is 0 Å². The Hall–Kier alpha value is -2.44. The van der Waals surface area contributed by atoms with Crippen LogP contribution in [0.5, 0.6) is 0 Å². The van der Waals surface area contributed by atoms with E-state index in [0.717, 1.165) is 74.4 Å². The highest BCUT2D eigenvalue weighted by Crippen LogP contribution is 2.48. The molecule has 2 fully saturated rings. The van der Waals surface area contributed by atoms with E-state index < -0.39 is 6.04 Å². The monoisotopic (exact) mass is 878 g/mol. The van der Waals surface area contributed by atoms with E-state index in [1.54, 1.807) is 17.9 Å². The third-order valence-corrected chi connectivity index (χ3v) is 15.4. The molecule has 0 aromatic carbocycles. The first-order valence-electron chi connectivity index (χ1n) is 27.5. The molecular weight excluding hydrogens is 779 g/mol. The molecule has 3 aliphatic rings. The summed E-state index contributed by atoms with van der Waals surface area (Å²) in [6, 6.07) is -0.609. The molecule has 0 N–H and O–H groups in total. The van der Waals surface area contributed by atoms with Crippen molar-refractivity contribution in [3.05, 3.63) is 24.4 Å². The van der Waals surface area contributed by atoms with Gasteiger partial charge in [-0.15, -0.1) is 0 Å². The summed E-state index contributed by atoms with van der Waals surface area (Å²) in [6.07, 6.45) is 48.7. The molecule has 5 unspecified atom stereocenters. The highest BCUT2D eigenvalue weighted by molar-refractivity contribution is 6.06. The second-order valence-corrected chi connectivity index (χ2v) is 20.4. The fourth-order valence-electron chi connectivity index (χ4n) is 11.6. The number of hydrogen-bond acceptors (Lipinski definition) is 4. The van der Waals surface area contributed by atoms with Crippen molar-refractivity contribution in [2.45, 2.75) is 265 Å². The summed E-state index contributed by atoms with van der Waals surface area (Å²) in [5, 5.41) is 0. The summed E-state index contributed by atoms with van der Waals surface area (Å²) in [7, 11) is 0. The molecule has 362 valence electrons. The van der Waals surface area contributed by atoms with Gasteiger partial charge >= 0.3 is 0 Å². The summed E-state index contributed by atoms with van der Waals surface area (Å²) >= 11 is 0. The maximum Gasteiger partial charge on any atom is 0.252 e. The van der Waals surface area contributed by atoms with Gasteiger partial charge in [0.15, 0.2) is 0 Å². The molecule has 0 spiro atoms. The molecule has 0 aromatic heterocycles. The molecule has 7 heteroatoms. The van der Waals surface area contributed by atoms with E-state index in [1.165, 1.54) is 191 Å². The fourth-order valence-corrected chi connectivity index (χ4v) is 11.6. The lowest BCUT2D eigenvalue weighted by Crippen LogP contribution is -2.45. The lowest BCUT2D eigenvalue weighted by atomic mass is 9.61. The molecule has 63 heavy (non-hydrogen) atoms. The van der Waals surface area contributed by atoms with Crippen LogP contribution in [0.15, 0.2) is 24.4 Å². The van der Waals surface area contributed by atoms with Crippen LogP contribution in [0.1, 0.15) is 259 Å². The summed E-state index contributed by atoms with van der Waals surface area (Å²) in [5.41, 5.74) is 0.840. The van der Waals surface area contributed by atoms with E-state index in [0.29, 0.717) is 13.1 Å². The second kappa shape index (κ2) is 34.0. The Morgan fingerprint density at radius 3 is 1.38 bits per heavy atom. The molecular formula is C56H99N3O4. The summed E-state index contributed by atoms with van der Waals surface area (Å²) < 4.78 is 0. The van der Waals surface area contributed by atoms with Crippen molar-refractivity contribution in [1.82, 2.24) is 14.7 Å². The van der Waals surface area contributed by atoms with Gasteiger partial charge < -0.3 is 9.80 Å². The lowest BCUT2D eigenvalue weighted by molar-refractivity contribution is -0.143. The molecule has 0 bridgehead atoms. The van der Waals surface area contributed by atoms with Gasteiger partial charge in [-0.05, 0) is 74.7 Å². The second-order valence-electron chi connectivity index (χ2n) is 20.4. The van der Waals surface area contributed by atoms with Crippen LogP contribution in [0.4, 0.5) is 0 Å². The minimum Gasteiger partial charge on any atom is -0.330 e. The number of likely N-dealkylation sites (tertiary alicyclic amines) is 1. The van der Waals surface area contributed by atoms with Crippen molar-refractivity contribution in [3.63, 3.8) is 0 Å². The van der Waals surface area contributed by atoms with Gasteiger partial charge in [-0.2, -0.15) is 0 Å². The number of nitrogens with zero attached hydrogens (tertiary/aromatic N) is 3. The zero-order valence-corrected chi connectivity index (χ0v) is 41.8. The van der Waals surface area contributed by atoms with Crippen LogP contribution in [-0.2, 0) is 19.2 Å². The van der Waals surface area contributed by atoms with Crippen molar-refractivity contribution < 1.29 is 19.2 Å². The fraction of sp³-hybridized carbons (Fsp3) is 0.857. The normalized spacial score (nSPS) is 21.4. The van der Waals surface area contributed by atoms with Gasteiger partial charge in [-0.1, -0.05) is 207 Å². The topological polar surface area (TPSA) is 78.0 Å². The Kier molecular flexibility index (Phi) is 29.6. The Morgan fingerprint density at radius 1 is 0.540 bits per heavy atom. The maximum absolute atomic E-state index is 13.4. The third-order valence-electron chi connectivity index (χ3n) is 15.4. The van der Waals surface area contributed by atoms with Gasteiger partial charge in [0, 0.05) is 38.3 Å². The first-order chi connectivity index (χ1) is 30.7. The van der Waals surface area contributed by atoms with E-state index in [-0.39, 0.29) is 30.0 Å². The van der Waals surface area contributed by atoms with Gasteiger partial charge in [0.1, 0.15) is 6.04 Å². The summed E-state index contributed by atoms with van der Waals surface area (Å²) in [4.78, 5) is 56.0. The molecule has 1 saturated heterocycles. The van der Waals surface area contributed by atoms with Crippen molar-refractivity contribution in [2.75, 3.05) is 19.6 Å². The highest BCUT2D eigenvalue weighted by Gasteiger charge is 2.42. The van der Waals surface area contributed by atoms with Crippen molar-refractivity contribution in [2.24, 2.45) is 23.7 Å². The van der Waals surface area contributed by atoms with Crippen LogP contribution >= 0.6 is 0 Å². The number of allylic oxidation sites excluding steroid dienone is 1. The number of unbranched alkanes of at least 4 members (excludes halogenated alkanes) is 24. The molecule has 2 aliphatic heterocycles.